The number of ketones is 1. The van der Waals surface area contributed by atoms with Crippen LogP contribution in [0.15, 0.2) is 48.0 Å². The van der Waals surface area contributed by atoms with Crippen LogP contribution in [-0.2, 0) is 9.59 Å². The van der Waals surface area contributed by atoms with E-state index < -0.39 is 17.7 Å². The fourth-order valence-corrected chi connectivity index (χ4v) is 4.32. The van der Waals surface area contributed by atoms with Gasteiger partial charge in [-0.2, -0.15) is 0 Å². The van der Waals surface area contributed by atoms with Crippen molar-refractivity contribution >= 4 is 29.1 Å². The molecule has 1 atom stereocenters. The summed E-state index contributed by atoms with van der Waals surface area (Å²) in [7, 11) is 3.93. The van der Waals surface area contributed by atoms with Crippen molar-refractivity contribution in [3.8, 4) is 5.75 Å². The van der Waals surface area contributed by atoms with Crippen molar-refractivity contribution in [2.45, 2.75) is 39.2 Å². The molecule has 1 aliphatic heterocycles. The number of carbonyl (C=O) groups excluding carboxylic acids is 2. The lowest BCUT2D eigenvalue weighted by atomic mass is 9.93. The molecule has 7 heteroatoms. The van der Waals surface area contributed by atoms with E-state index >= 15 is 0 Å². The number of hydrogen-bond donors (Lipinski definition) is 1. The first kappa shape index (κ1) is 25.8. The van der Waals surface area contributed by atoms with Crippen LogP contribution in [0.3, 0.4) is 0 Å². The Labute approximate surface area is 206 Å². The van der Waals surface area contributed by atoms with E-state index in [0.717, 1.165) is 17.7 Å². The maximum atomic E-state index is 13.2. The molecular weight excluding hydrogens is 452 g/mol. The van der Waals surface area contributed by atoms with E-state index in [9.17, 15) is 14.7 Å². The van der Waals surface area contributed by atoms with Crippen LogP contribution in [0.4, 0.5) is 0 Å². The van der Waals surface area contributed by atoms with Gasteiger partial charge in [0.25, 0.3) is 11.7 Å². The minimum absolute atomic E-state index is 0.0805. The molecule has 1 aliphatic rings. The zero-order valence-corrected chi connectivity index (χ0v) is 21.2. The van der Waals surface area contributed by atoms with E-state index in [2.05, 4.69) is 13.8 Å². The molecule has 0 spiro atoms. The van der Waals surface area contributed by atoms with E-state index in [1.54, 1.807) is 23.1 Å². The number of hydrogen-bond acceptors (Lipinski definition) is 5. The molecule has 1 N–H and O–H groups in total. The Hall–Kier alpha value is -2.83. The molecule has 0 saturated carbocycles. The summed E-state index contributed by atoms with van der Waals surface area (Å²) in [6.07, 6.45) is 0.704. The SMILES string of the molecule is CCOc1cc(/C(O)=C2/C(=O)C(=O)N(CCCN(C)C)C2c2ccc(C(C)C)cc2)ccc1Cl. The molecule has 6 nitrogen and oxygen atoms in total. The number of carbonyl (C=O) groups is 2. The number of aliphatic hydroxyl groups is 1. The maximum absolute atomic E-state index is 13.2. The van der Waals surface area contributed by atoms with Gasteiger partial charge in [0.05, 0.1) is 23.2 Å². The Bertz CT molecular complexity index is 1080. The monoisotopic (exact) mass is 484 g/mol. The third-order valence-electron chi connectivity index (χ3n) is 5.97. The Morgan fingerprint density at radius 1 is 1.15 bits per heavy atom. The number of aliphatic hydroxyl groups excluding tert-OH is 1. The molecule has 34 heavy (non-hydrogen) atoms. The van der Waals surface area contributed by atoms with Crippen molar-refractivity contribution in [3.05, 3.63) is 69.8 Å². The number of nitrogens with zero attached hydrogens (tertiary/aromatic N) is 2. The highest BCUT2D eigenvalue weighted by molar-refractivity contribution is 6.46. The lowest BCUT2D eigenvalue weighted by Gasteiger charge is -2.26. The molecule has 0 bridgehead atoms. The molecule has 2 aromatic carbocycles. The zero-order valence-electron chi connectivity index (χ0n) is 20.5. The molecule has 3 rings (SSSR count). The fraction of sp³-hybridized carbons (Fsp3) is 0.407. The van der Waals surface area contributed by atoms with Crippen molar-refractivity contribution in [1.29, 1.82) is 0 Å². The van der Waals surface area contributed by atoms with Crippen molar-refractivity contribution in [3.63, 3.8) is 0 Å². The van der Waals surface area contributed by atoms with E-state index in [-0.39, 0.29) is 11.3 Å². The molecule has 1 saturated heterocycles. The van der Waals surface area contributed by atoms with E-state index in [4.69, 9.17) is 16.3 Å². The molecule has 1 unspecified atom stereocenters. The number of halogens is 1. The number of benzene rings is 2. The number of amides is 1. The van der Waals surface area contributed by atoms with Gasteiger partial charge in [0, 0.05) is 12.1 Å². The van der Waals surface area contributed by atoms with Crippen LogP contribution < -0.4 is 4.74 Å². The Balaban J connectivity index is 2.11. The number of rotatable bonds is 9. The van der Waals surface area contributed by atoms with E-state index in [1.807, 2.05) is 50.2 Å². The molecule has 1 heterocycles. The third kappa shape index (κ3) is 5.45. The summed E-state index contributed by atoms with van der Waals surface area (Å²) in [5.74, 6) is -0.757. The van der Waals surface area contributed by atoms with Crippen LogP contribution in [0.1, 0.15) is 55.8 Å². The molecule has 182 valence electrons. The first-order chi connectivity index (χ1) is 16.1. The molecule has 1 fully saturated rings. The summed E-state index contributed by atoms with van der Waals surface area (Å²) >= 11 is 6.21. The average molecular weight is 485 g/mol. The molecule has 0 aromatic heterocycles. The third-order valence-corrected chi connectivity index (χ3v) is 6.28. The predicted octanol–water partition coefficient (Wildman–Crippen LogP) is 5.24. The molecular formula is C27H33ClN2O4. The zero-order chi connectivity index (χ0) is 25.0. The second-order valence-corrected chi connectivity index (χ2v) is 9.46. The van der Waals surface area contributed by atoms with Crippen LogP contribution in [0.2, 0.25) is 5.02 Å². The van der Waals surface area contributed by atoms with Gasteiger partial charge in [-0.1, -0.05) is 49.7 Å². The van der Waals surface area contributed by atoms with Crippen LogP contribution in [0.5, 0.6) is 5.75 Å². The smallest absolute Gasteiger partial charge is 0.295 e. The number of likely N-dealkylation sites (tertiary alicyclic amines) is 1. The summed E-state index contributed by atoms with van der Waals surface area (Å²) in [5.41, 5.74) is 2.40. The van der Waals surface area contributed by atoms with Crippen LogP contribution >= 0.6 is 11.6 Å². The molecule has 0 aliphatic carbocycles. The summed E-state index contributed by atoms with van der Waals surface area (Å²) < 4.78 is 5.55. The van der Waals surface area contributed by atoms with Gasteiger partial charge in [-0.25, -0.2) is 0 Å². The van der Waals surface area contributed by atoms with Crippen molar-refractivity contribution in [2.75, 3.05) is 33.8 Å². The summed E-state index contributed by atoms with van der Waals surface area (Å²) in [5, 5.41) is 11.7. The van der Waals surface area contributed by atoms with Crippen LogP contribution in [0.25, 0.3) is 5.76 Å². The molecule has 1 amide bonds. The largest absolute Gasteiger partial charge is 0.507 e. The quantitative estimate of drug-likeness (QED) is 0.299. The normalized spacial score (nSPS) is 17.8. The Morgan fingerprint density at radius 3 is 2.41 bits per heavy atom. The van der Waals surface area contributed by atoms with Gasteiger partial charge in [0.1, 0.15) is 11.5 Å². The maximum Gasteiger partial charge on any atom is 0.295 e. The van der Waals surface area contributed by atoms with Gasteiger partial charge in [-0.15, -0.1) is 0 Å². The van der Waals surface area contributed by atoms with E-state index in [0.29, 0.717) is 41.8 Å². The number of ether oxygens (including phenoxy) is 1. The molecule has 0 radical (unpaired) electrons. The lowest BCUT2D eigenvalue weighted by Crippen LogP contribution is -2.32. The highest BCUT2D eigenvalue weighted by Gasteiger charge is 2.45. The second kappa shape index (κ2) is 11.1. The topological polar surface area (TPSA) is 70.1 Å². The van der Waals surface area contributed by atoms with Crippen LogP contribution in [0, 0.1) is 0 Å². The van der Waals surface area contributed by atoms with Gasteiger partial charge in [0.2, 0.25) is 0 Å². The van der Waals surface area contributed by atoms with Crippen molar-refractivity contribution < 1.29 is 19.4 Å². The Kier molecular flexibility index (Phi) is 8.39. The summed E-state index contributed by atoms with van der Waals surface area (Å²) in [4.78, 5) is 29.9. The van der Waals surface area contributed by atoms with Crippen molar-refractivity contribution in [2.24, 2.45) is 0 Å². The minimum Gasteiger partial charge on any atom is -0.507 e. The predicted molar refractivity (Wildman–Crippen MR) is 135 cm³/mol. The summed E-state index contributed by atoms with van der Waals surface area (Å²) in [6.45, 7) is 7.64. The van der Waals surface area contributed by atoms with Gasteiger partial charge in [0.15, 0.2) is 0 Å². The first-order valence-corrected chi connectivity index (χ1v) is 12.0. The standard InChI is InChI=1S/C27H33ClN2O4/c1-6-34-22-16-20(12-13-21(22)28)25(31)23-24(19-10-8-18(9-11-19)17(2)3)30(27(33)26(23)32)15-7-14-29(4)5/h8-13,16-17,24,31H,6-7,14-15H2,1-5H3/b25-23-. The summed E-state index contributed by atoms with van der Waals surface area (Å²) in [6, 6.07) is 12.1. The van der Waals surface area contributed by atoms with Crippen LogP contribution in [-0.4, -0.2) is 60.4 Å². The first-order valence-electron chi connectivity index (χ1n) is 11.6. The number of Topliss-reactive ketones (excluding diaryl/α,β-unsaturated/α-hetero) is 1. The molecule has 2 aromatic rings. The second-order valence-electron chi connectivity index (χ2n) is 9.05. The van der Waals surface area contributed by atoms with Gasteiger partial charge < -0.3 is 19.6 Å². The fourth-order valence-electron chi connectivity index (χ4n) is 4.15. The van der Waals surface area contributed by atoms with Crippen molar-refractivity contribution in [1.82, 2.24) is 9.80 Å². The van der Waals surface area contributed by atoms with Gasteiger partial charge in [-0.05, 0) is 69.2 Å². The average Bonchev–Trinajstić information content (AvgIpc) is 3.05. The van der Waals surface area contributed by atoms with Gasteiger partial charge in [-0.3, -0.25) is 9.59 Å². The Morgan fingerprint density at radius 2 is 1.82 bits per heavy atom. The van der Waals surface area contributed by atoms with Gasteiger partial charge >= 0.3 is 0 Å². The lowest BCUT2D eigenvalue weighted by molar-refractivity contribution is -0.139. The minimum atomic E-state index is -0.687. The highest BCUT2D eigenvalue weighted by Crippen LogP contribution is 2.40. The van der Waals surface area contributed by atoms with E-state index in [1.165, 1.54) is 0 Å². The highest BCUT2D eigenvalue weighted by atomic mass is 35.5.